The molecule has 1 aromatic rings. The van der Waals surface area contributed by atoms with E-state index in [4.69, 9.17) is 4.74 Å². The Balaban J connectivity index is 2.98. The molecule has 0 aromatic heterocycles. The Morgan fingerprint density at radius 3 is 2.33 bits per heavy atom. The Bertz CT molecular complexity index is 280. The van der Waals surface area contributed by atoms with Gasteiger partial charge in [-0.1, -0.05) is 37.3 Å². The maximum absolute atomic E-state index is 5.63. The first-order valence-electron chi connectivity index (χ1n) is 5.45. The van der Waals surface area contributed by atoms with Crippen LogP contribution < -0.4 is 5.32 Å². The summed E-state index contributed by atoms with van der Waals surface area (Å²) in [4.78, 5) is 0. The Hall–Kier alpha value is -0.860. The first-order chi connectivity index (χ1) is 7.18. The van der Waals surface area contributed by atoms with Crippen LogP contribution in [0.5, 0.6) is 0 Å². The molecule has 1 N–H and O–H groups in total. The molecule has 0 fully saturated rings. The summed E-state index contributed by atoms with van der Waals surface area (Å²) < 4.78 is 5.63. The summed E-state index contributed by atoms with van der Waals surface area (Å²) in [6, 6.07) is 10.7. The van der Waals surface area contributed by atoms with Crippen LogP contribution in [0.15, 0.2) is 30.3 Å². The lowest BCUT2D eigenvalue weighted by Crippen LogP contribution is -2.41. The standard InChI is InChI=1S/C13H21NO/c1-5-13(2,15-4)12(14-3)11-9-7-6-8-10-11/h6-10,12,14H,5H2,1-4H3. The molecule has 0 radical (unpaired) electrons. The quantitative estimate of drug-likeness (QED) is 0.801. The van der Waals surface area contributed by atoms with E-state index in [-0.39, 0.29) is 11.6 Å². The fraction of sp³-hybridized carbons (Fsp3) is 0.538. The maximum atomic E-state index is 5.63. The average molecular weight is 207 g/mol. The highest BCUT2D eigenvalue weighted by atomic mass is 16.5. The molecule has 0 heterocycles. The molecule has 0 aliphatic carbocycles. The van der Waals surface area contributed by atoms with Crippen molar-refractivity contribution in [1.29, 1.82) is 0 Å². The number of nitrogens with one attached hydrogen (secondary N) is 1. The van der Waals surface area contributed by atoms with E-state index in [2.05, 4.69) is 43.4 Å². The fourth-order valence-corrected chi connectivity index (χ4v) is 1.94. The summed E-state index contributed by atoms with van der Waals surface area (Å²) in [5.41, 5.74) is 1.11. The topological polar surface area (TPSA) is 21.3 Å². The lowest BCUT2D eigenvalue weighted by molar-refractivity contribution is -0.0280. The van der Waals surface area contributed by atoms with E-state index in [1.54, 1.807) is 7.11 Å². The Morgan fingerprint density at radius 1 is 1.33 bits per heavy atom. The van der Waals surface area contributed by atoms with Gasteiger partial charge in [-0.2, -0.15) is 0 Å². The summed E-state index contributed by atoms with van der Waals surface area (Å²) in [6.45, 7) is 4.29. The molecule has 2 nitrogen and oxygen atoms in total. The largest absolute Gasteiger partial charge is 0.377 e. The molecule has 2 heteroatoms. The van der Waals surface area contributed by atoms with Gasteiger partial charge in [-0.15, -0.1) is 0 Å². The zero-order valence-electron chi connectivity index (χ0n) is 10.1. The molecule has 84 valence electrons. The molecule has 1 aromatic carbocycles. The summed E-state index contributed by atoms with van der Waals surface area (Å²) in [7, 11) is 3.75. The van der Waals surface area contributed by atoms with Crippen molar-refractivity contribution in [3.8, 4) is 0 Å². The van der Waals surface area contributed by atoms with Gasteiger partial charge < -0.3 is 10.1 Å². The molecule has 0 saturated heterocycles. The number of rotatable bonds is 5. The zero-order chi connectivity index (χ0) is 11.3. The molecular formula is C13H21NO. The third kappa shape index (κ3) is 2.58. The fourth-order valence-electron chi connectivity index (χ4n) is 1.94. The summed E-state index contributed by atoms with van der Waals surface area (Å²) in [6.07, 6.45) is 0.976. The highest BCUT2D eigenvalue weighted by Crippen LogP contribution is 2.30. The van der Waals surface area contributed by atoms with Crippen LogP contribution in [0.2, 0.25) is 0 Å². The highest BCUT2D eigenvalue weighted by Gasteiger charge is 2.32. The number of methoxy groups -OCH3 is 1. The van der Waals surface area contributed by atoms with E-state index in [0.29, 0.717) is 0 Å². The van der Waals surface area contributed by atoms with Gasteiger partial charge >= 0.3 is 0 Å². The Kier molecular flexibility index (Phi) is 4.30. The van der Waals surface area contributed by atoms with E-state index >= 15 is 0 Å². The maximum Gasteiger partial charge on any atom is 0.0841 e. The number of benzene rings is 1. The van der Waals surface area contributed by atoms with Crippen LogP contribution in [0, 0.1) is 0 Å². The minimum Gasteiger partial charge on any atom is -0.377 e. The molecular weight excluding hydrogens is 186 g/mol. The van der Waals surface area contributed by atoms with Crippen molar-refractivity contribution in [3.05, 3.63) is 35.9 Å². The minimum absolute atomic E-state index is 0.157. The van der Waals surface area contributed by atoms with Crippen molar-refractivity contribution in [3.63, 3.8) is 0 Å². The van der Waals surface area contributed by atoms with Crippen molar-refractivity contribution in [2.45, 2.75) is 31.9 Å². The number of hydrogen-bond donors (Lipinski definition) is 1. The molecule has 0 spiro atoms. The van der Waals surface area contributed by atoms with E-state index in [1.165, 1.54) is 5.56 Å². The Labute approximate surface area is 92.6 Å². The molecule has 2 unspecified atom stereocenters. The second-order valence-corrected chi connectivity index (χ2v) is 4.00. The molecule has 0 bridgehead atoms. The average Bonchev–Trinajstić information content (AvgIpc) is 2.31. The highest BCUT2D eigenvalue weighted by molar-refractivity contribution is 5.21. The minimum atomic E-state index is -0.157. The van der Waals surface area contributed by atoms with Crippen molar-refractivity contribution in [2.24, 2.45) is 0 Å². The monoisotopic (exact) mass is 207 g/mol. The summed E-state index contributed by atoms with van der Waals surface area (Å²) in [5, 5.41) is 3.34. The van der Waals surface area contributed by atoms with Crippen LogP contribution in [0.4, 0.5) is 0 Å². The number of likely N-dealkylation sites (N-methyl/N-ethyl adjacent to an activating group) is 1. The van der Waals surface area contributed by atoms with Crippen LogP contribution in [-0.2, 0) is 4.74 Å². The van der Waals surface area contributed by atoms with Crippen LogP contribution >= 0.6 is 0 Å². The first kappa shape index (κ1) is 12.2. The van der Waals surface area contributed by atoms with Gasteiger partial charge in [0.15, 0.2) is 0 Å². The summed E-state index contributed by atoms with van der Waals surface area (Å²) in [5.74, 6) is 0. The van der Waals surface area contributed by atoms with Gasteiger partial charge in [0.1, 0.15) is 0 Å². The van der Waals surface area contributed by atoms with Crippen molar-refractivity contribution >= 4 is 0 Å². The van der Waals surface area contributed by atoms with E-state index in [9.17, 15) is 0 Å². The van der Waals surface area contributed by atoms with Crippen LogP contribution in [0.1, 0.15) is 31.9 Å². The third-order valence-corrected chi connectivity index (χ3v) is 3.20. The molecule has 0 aliphatic rings. The van der Waals surface area contributed by atoms with Crippen molar-refractivity contribution < 1.29 is 4.74 Å². The van der Waals surface area contributed by atoms with Gasteiger partial charge in [-0.25, -0.2) is 0 Å². The Morgan fingerprint density at radius 2 is 1.93 bits per heavy atom. The molecule has 1 rings (SSSR count). The second-order valence-electron chi connectivity index (χ2n) is 4.00. The van der Waals surface area contributed by atoms with Gasteiger partial charge in [0.2, 0.25) is 0 Å². The van der Waals surface area contributed by atoms with Crippen LogP contribution in [0.3, 0.4) is 0 Å². The molecule has 0 saturated carbocycles. The predicted octanol–water partition coefficient (Wildman–Crippen LogP) is 2.76. The van der Waals surface area contributed by atoms with Crippen molar-refractivity contribution in [2.75, 3.05) is 14.2 Å². The summed E-state index contributed by atoms with van der Waals surface area (Å²) >= 11 is 0. The molecule has 0 amide bonds. The SMILES string of the molecule is CCC(C)(OC)C(NC)c1ccccc1. The van der Waals surface area contributed by atoms with Gasteiger partial charge in [0.25, 0.3) is 0 Å². The lowest BCUT2D eigenvalue weighted by Gasteiger charge is -2.36. The van der Waals surface area contributed by atoms with Crippen LogP contribution in [0.25, 0.3) is 0 Å². The van der Waals surface area contributed by atoms with Gasteiger partial charge in [0, 0.05) is 7.11 Å². The van der Waals surface area contributed by atoms with Gasteiger partial charge in [-0.05, 0) is 26.0 Å². The smallest absolute Gasteiger partial charge is 0.0841 e. The van der Waals surface area contributed by atoms with Gasteiger partial charge in [0.05, 0.1) is 11.6 Å². The number of ether oxygens (including phenoxy) is 1. The number of hydrogen-bond acceptors (Lipinski definition) is 2. The van der Waals surface area contributed by atoms with Crippen molar-refractivity contribution in [1.82, 2.24) is 5.32 Å². The molecule has 0 aliphatic heterocycles. The van der Waals surface area contributed by atoms with E-state index in [1.807, 2.05) is 13.1 Å². The van der Waals surface area contributed by atoms with E-state index in [0.717, 1.165) is 6.42 Å². The third-order valence-electron chi connectivity index (χ3n) is 3.20. The first-order valence-corrected chi connectivity index (χ1v) is 5.45. The normalized spacial score (nSPS) is 17.1. The lowest BCUT2D eigenvalue weighted by atomic mass is 9.88. The van der Waals surface area contributed by atoms with Crippen LogP contribution in [-0.4, -0.2) is 19.8 Å². The molecule has 2 atom stereocenters. The predicted molar refractivity (Wildman–Crippen MR) is 63.9 cm³/mol. The zero-order valence-corrected chi connectivity index (χ0v) is 10.1. The second kappa shape index (κ2) is 5.29. The van der Waals surface area contributed by atoms with E-state index < -0.39 is 0 Å². The van der Waals surface area contributed by atoms with Gasteiger partial charge in [-0.3, -0.25) is 0 Å². The molecule has 15 heavy (non-hydrogen) atoms.